The number of benzene rings is 1. The Hall–Kier alpha value is -2.52. The molecule has 3 saturated heterocycles. The van der Waals surface area contributed by atoms with Crippen molar-refractivity contribution in [1.29, 1.82) is 0 Å². The van der Waals surface area contributed by atoms with E-state index in [1.54, 1.807) is 46.5 Å². The monoisotopic (exact) mass is 517 g/mol. The zero-order chi connectivity index (χ0) is 26.5. The molecule has 0 unspecified atom stereocenters. The van der Waals surface area contributed by atoms with Crippen molar-refractivity contribution in [1.82, 2.24) is 14.7 Å². The second kappa shape index (κ2) is 12.3. The molecule has 0 N–H and O–H groups in total. The molecule has 3 heterocycles. The summed E-state index contributed by atoms with van der Waals surface area (Å²) in [5.41, 5.74) is 0.745. The van der Waals surface area contributed by atoms with Crippen molar-refractivity contribution in [2.24, 2.45) is 11.8 Å². The molecule has 0 radical (unpaired) electrons. The third kappa shape index (κ3) is 5.53. The van der Waals surface area contributed by atoms with Crippen molar-refractivity contribution < 1.29 is 28.5 Å². The average molecular weight is 518 g/mol. The SMILES string of the molecule is COCCN(C[C@@H]1CCCN2CCCC[C@H]12)C(=O)[C@H]1CC(=O)N(C)[C@H]1c1ccc(OC)c(OC)c1OC. The Balaban J connectivity index is 1.64. The summed E-state index contributed by atoms with van der Waals surface area (Å²) in [4.78, 5) is 33.5. The molecule has 1 aromatic carbocycles. The molecule has 0 spiro atoms. The second-order valence-corrected chi connectivity index (χ2v) is 10.5. The summed E-state index contributed by atoms with van der Waals surface area (Å²) in [5, 5.41) is 0. The van der Waals surface area contributed by atoms with Gasteiger partial charge in [0.15, 0.2) is 11.5 Å². The van der Waals surface area contributed by atoms with Crippen molar-refractivity contribution in [3.63, 3.8) is 0 Å². The third-order valence-corrected chi connectivity index (χ3v) is 8.52. The van der Waals surface area contributed by atoms with Crippen molar-refractivity contribution in [3.8, 4) is 17.2 Å². The smallest absolute Gasteiger partial charge is 0.228 e. The van der Waals surface area contributed by atoms with E-state index in [0.717, 1.165) is 25.1 Å². The Morgan fingerprint density at radius 1 is 1.00 bits per heavy atom. The molecule has 0 aromatic heterocycles. The quantitative estimate of drug-likeness (QED) is 0.472. The van der Waals surface area contributed by atoms with E-state index in [0.29, 0.717) is 48.9 Å². The maximum absolute atomic E-state index is 14.2. The summed E-state index contributed by atoms with van der Waals surface area (Å²) >= 11 is 0. The van der Waals surface area contributed by atoms with E-state index in [2.05, 4.69) is 4.90 Å². The van der Waals surface area contributed by atoms with E-state index in [1.807, 2.05) is 11.0 Å². The van der Waals surface area contributed by atoms with Crippen LogP contribution in [-0.4, -0.2) is 101 Å². The van der Waals surface area contributed by atoms with Crippen LogP contribution in [0.2, 0.25) is 0 Å². The Morgan fingerprint density at radius 2 is 1.76 bits per heavy atom. The first-order valence-electron chi connectivity index (χ1n) is 13.5. The Labute approximate surface area is 220 Å². The van der Waals surface area contributed by atoms with Crippen LogP contribution in [0.5, 0.6) is 17.2 Å². The van der Waals surface area contributed by atoms with Gasteiger partial charge < -0.3 is 33.6 Å². The van der Waals surface area contributed by atoms with Gasteiger partial charge >= 0.3 is 0 Å². The van der Waals surface area contributed by atoms with Crippen molar-refractivity contribution in [2.45, 2.75) is 50.6 Å². The van der Waals surface area contributed by atoms with Crippen LogP contribution in [0.3, 0.4) is 0 Å². The van der Waals surface area contributed by atoms with Gasteiger partial charge in [-0.3, -0.25) is 9.59 Å². The van der Waals surface area contributed by atoms with E-state index < -0.39 is 12.0 Å². The lowest BCUT2D eigenvalue weighted by Crippen LogP contribution is -2.52. The molecule has 3 fully saturated rings. The Kier molecular flexibility index (Phi) is 9.18. The van der Waals surface area contributed by atoms with Gasteiger partial charge in [0.2, 0.25) is 17.6 Å². The van der Waals surface area contributed by atoms with Crippen LogP contribution < -0.4 is 14.2 Å². The van der Waals surface area contributed by atoms with Crippen LogP contribution in [0.1, 0.15) is 50.1 Å². The standard InChI is InChI=1S/C28H43N3O6/c1-29-24(32)17-21(25(29)20-11-12-23(35-3)27(37-5)26(20)36-4)28(33)31(15-16-34-2)18-19-9-8-14-30-13-7-6-10-22(19)30/h11-12,19,21-22,25H,6-10,13-18H2,1-5H3/t19-,21-,22+,25-/m0/s1. The first-order valence-corrected chi connectivity index (χ1v) is 13.5. The maximum Gasteiger partial charge on any atom is 0.228 e. The molecular formula is C28H43N3O6. The fourth-order valence-electron chi connectivity index (χ4n) is 6.67. The van der Waals surface area contributed by atoms with Crippen LogP contribution >= 0.6 is 0 Å². The summed E-state index contributed by atoms with van der Waals surface area (Å²) in [6.45, 7) is 4.01. The lowest BCUT2D eigenvalue weighted by Gasteiger charge is -2.46. The molecule has 4 atom stereocenters. The van der Waals surface area contributed by atoms with Gasteiger partial charge in [-0.2, -0.15) is 0 Å². The summed E-state index contributed by atoms with van der Waals surface area (Å²) in [6.07, 6.45) is 6.19. The van der Waals surface area contributed by atoms with Crippen molar-refractivity contribution in [2.75, 3.05) is 68.3 Å². The number of carbonyl (C=O) groups is 2. The van der Waals surface area contributed by atoms with Crippen molar-refractivity contribution >= 4 is 11.8 Å². The highest BCUT2D eigenvalue weighted by atomic mass is 16.5. The number of fused-ring (bicyclic) bond motifs is 1. The number of hydrogen-bond acceptors (Lipinski definition) is 7. The zero-order valence-electron chi connectivity index (χ0n) is 23.0. The Morgan fingerprint density at radius 3 is 2.46 bits per heavy atom. The molecule has 0 bridgehead atoms. The molecule has 2 amide bonds. The van der Waals surface area contributed by atoms with Crippen LogP contribution in [0, 0.1) is 11.8 Å². The number of nitrogens with zero attached hydrogens (tertiary/aromatic N) is 3. The number of piperidine rings is 2. The molecule has 206 valence electrons. The summed E-state index contributed by atoms with van der Waals surface area (Å²) < 4.78 is 22.2. The molecule has 4 rings (SSSR count). The number of carbonyl (C=O) groups excluding carboxylic acids is 2. The average Bonchev–Trinajstić information content (AvgIpc) is 3.23. The minimum absolute atomic E-state index is 0.00419. The number of likely N-dealkylation sites (tertiary alicyclic amines) is 1. The van der Waals surface area contributed by atoms with E-state index in [4.69, 9.17) is 18.9 Å². The second-order valence-electron chi connectivity index (χ2n) is 10.5. The van der Waals surface area contributed by atoms with Gasteiger partial charge in [-0.05, 0) is 56.8 Å². The number of methoxy groups -OCH3 is 4. The van der Waals surface area contributed by atoms with Gasteiger partial charge in [-0.15, -0.1) is 0 Å². The molecule has 9 heteroatoms. The largest absolute Gasteiger partial charge is 0.493 e. The minimum Gasteiger partial charge on any atom is -0.493 e. The lowest BCUT2D eigenvalue weighted by atomic mass is 9.83. The molecule has 3 aliphatic rings. The third-order valence-electron chi connectivity index (χ3n) is 8.52. The first kappa shape index (κ1) is 27.5. The number of rotatable bonds is 10. The molecule has 1 aromatic rings. The predicted molar refractivity (Wildman–Crippen MR) is 140 cm³/mol. The molecule has 37 heavy (non-hydrogen) atoms. The van der Waals surface area contributed by atoms with E-state index in [-0.39, 0.29) is 18.2 Å². The number of hydrogen-bond donors (Lipinski definition) is 0. The molecule has 0 saturated carbocycles. The highest BCUT2D eigenvalue weighted by molar-refractivity contribution is 5.90. The van der Waals surface area contributed by atoms with E-state index in [9.17, 15) is 9.59 Å². The molecule has 9 nitrogen and oxygen atoms in total. The fraction of sp³-hybridized carbons (Fsp3) is 0.714. The van der Waals surface area contributed by atoms with Gasteiger partial charge in [0.05, 0.1) is 39.9 Å². The van der Waals surface area contributed by atoms with Crippen molar-refractivity contribution in [3.05, 3.63) is 17.7 Å². The molecule has 3 aliphatic heterocycles. The number of ether oxygens (including phenoxy) is 4. The van der Waals surface area contributed by atoms with E-state index >= 15 is 0 Å². The predicted octanol–water partition coefficient (Wildman–Crippen LogP) is 2.97. The first-order chi connectivity index (χ1) is 17.9. The van der Waals surface area contributed by atoms with Gasteiger partial charge in [0, 0.05) is 45.3 Å². The summed E-state index contributed by atoms with van der Waals surface area (Å²) in [6, 6.07) is 3.75. The minimum atomic E-state index is -0.521. The highest BCUT2D eigenvalue weighted by Crippen LogP contribution is 2.48. The molecular weight excluding hydrogens is 474 g/mol. The summed E-state index contributed by atoms with van der Waals surface area (Å²) in [7, 11) is 8.12. The van der Waals surface area contributed by atoms with Crippen LogP contribution in [0.4, 0.5) is 0 Å². The number of amides is 2. The van der Waals surface area contributed by atoms with Crippen LogP contribution in [-0.2, 0) is 14.3 Å². The van der Waals surface area contributed by atoms with Crippen LogP contribution in [0.15, 0.2) is 12.1 Å². The van der Waals surface area contributed by atoms with Gasteiger partial charge in [0.25, 0.3) is 0 Å². The zero-order valence-corrected chi connectivity index (χ0v) is 23.0. The maximum atomic E-state index is 14.2. The van der Waals surface area contributed by atoms with Gasteiger partial charge in [-0.25, -0.2) is 0 Å². The van der Waals surface area contributed by atoms with E-state index in [1.165, 1.54) is 25.7 Å². The molecule has 0 aliphatic carbocycles. The van der Waals surface area contributed by atoms with Gasteiger partial charge in [-0.1, -0.05) is 6.42 Å². The Bertz CT molecular complexity index is 954. The highest BCUT2D eigenvalue weighted by Gasteiger charge is 2.46. The lowest BCUT2D eigenvalue weighted by molar-refractivity contribution is -0.138. The summed E-state index contributed by atoms with van der Waals surface area (Å²) in [5.74, 6) is 1.35. The van der Waals surface area contributed by atoms with Gasteiger partial charge in [0.1, 0.15) is 0 Å². The van der Waals surface area contributed by atoms with Crippen LogP contribution in [0.25, 0.3) is 0 Å². The topological polar surface area (TPSA) is 80.8 Å². The fourth-order valence-corrected chi connectivity index (χ4v) is 6.67. The normalized spacial score (nSPS) is 26.1.